The standard InChI is InChI=1S/C30H37N5O4S/c1-6-18-15-35(25-24(36)16-39-26(18)25)28(38)22(14-30(2,3)4)21-13-19(7-8-20(21)27(31)37)23-17-40-29(32-23)34-11-9-33(5)10-12-34/h1,7-8,13,17-18,22,25-26H,9-12,14-16H2,2-5H3,(H2,31,37)/t18-,22+,25-,26-/m1/s1. The summed E-state index contributed by atoms with van der Waals surface area (Å²) >= 11 is 1.59. The number of nitrogens with zero attached hydrogens (tertiary/aromatic N) is 4. The number of piperazine rings is 1. The van der Waals surface area contributed by atoms with Crippen LogP contribution in [0.5, 0.6) is 0 Å². The van der Waals surface area contributed by atoms with Gasteiger partial charge in [0.2, 0.25) is 11.8 Å². The first-order valence-electron chi connectivity index (χ1n) is 13.7. The van der Waals surface area contributed by atoms with Gasteiger partial charge in [-0.25, -0.2) is 4.98 Å². The maximum Gasteiger partial charge on any atom is 0.249 e. The number of Topliss-reactive ketones (excluding diaryl/α,β-unsaturated/α-hetero) is 1. The number of aromatic nitrogens is 1. The van der Waals surface area contributed by atoms with Gasteiger partial charge in [0.25, 0.3) is 0 Å². The number of carbonyl (C=O) groups is 3. The largest absolute Gasteiger partial charge is 0.366 e. The van der Waals surface area contributed by atoms with Crippen LogP contribution >= 0.6 is 11.3 Å². The summed E-state index contributed by atoms with van der Waals surface area (Å²) in [6, 6.07) is 4.68. The predicted octanol–water partition coefficient (Wildman–Crippen LogP) is 2.61. The maximum absolute atomic E-state index is 14.3. The van der Waals surface area contributed by atoms with Crippen molar-refractivity contribution >= 4 is 34.1 Å². The van der Waals surface area contributed by atoms with E-state index in [1.165, 1.54) is 0 Å². The normalized spacial score (nSPS) is 24.2. The molecule has 0 bridgehead atoms. The average Bonchev–Trinajstić information content (AvgIpc) is 3.64. The number of ether oxygens (including phenoxy) is 1. The van der Waals surface area contributed by atoms with Gasteiger partial charge in [-0.05, 0) is 36.6 Å². The van der Waals surface area contributed by atoms with Crippen molar-refractivity contribution in [3.05, 3.63) is 34.7 Å². The topological polar surface area (TPSA) is 109 Å². The Morgan fingerprint density at radius 2 is 1.98 bits per heavy atom. The predicted molar refractivity (Wildman–Crippen MR) is 155 cm³/mol. The maximum atomic E-state index is 14.3. The number of thiazole rings is 1. The number of amides is 2. The summed E-state index contributed by atoms with van der Waals surface area (Å²) in [7, 11) is 2.12. The SMILES string of the molecule is C#C[C@@H]1CN(C(=O)[C@@H](CC(C)(C)C)c2cc(-c3csc(N4CCN(C)CC4)n3)ccc2C(N)=O)[C@@H]2C(=O)CO[C@H]12. The molecule has 10 heteroatoms. The Kier molecular flexibility index (Phi) is 7.75. The molecule has 3 fully saturated rings. The van der Waals surface area contributed by atoms with Gasteiger partial charge in [0.05, 0.1) is 17.5 Å². The summed E-state index contributed by atoms with van der Waals surface area (Å²) in [5.74, 6) is 0.646. The Hall–Kier alpha value is -3.26. The van der Waals surface area contributed by atoms with E-state index < -0.39 is 24.0 Å². The molecule has 0 radical (unpaired) electrons. The molecule has 0 saturated carbocycles. The van der Waals surface area contributed by atoms with Crippen molar-refractivity contribution in [2.24, 2.45) is 17.1 Å². The minimum Gasteiger partial charge on any atom is -0.366 e. The number of likely N-dealkylation sites (tertiary alicyclic amines) is 1. The van der Waals surface area contributed by atoms with E-state index in [2.05, 4.69) is 22.8 Å². The average molecular weight is 564 g/mol. The van der Waals surface area contributed by atoms with Gasteiger partial charge in [-0.3, -0.25) is 14.4 Å². The monoisotopic (exact) mass is 563 g/mol. The fraction of sp³-hybridized carbons (Fsp3) is 0.533. The third-order valence-corrected chi connectivity index (χ3v) is 8.95. The Morgan fingerprint density at radius 3 is 2.62 bits per heavy atom. The first kappa shape index (κ1) is 28.3. The van der Waals surface area contributed by atoms with E-state index in [1.54, 1.807) is 22.3 Å². The molecule has 9 nitrogen and oxygen atoms in total. The van der Waals surface area contributed by atoms with E-state index in [4.69, 9.17) is 21.9 Å². The summed E-state index contributed by atoms with van der Waals surface area (Å²) < 4.78 is 5.68. The lowest BCUT2D eigenvalue weighted by atomic mass is 9.78. The quantitative estimate of drug-likeness (QED) is 0.538. The fourth-order valence-electron chi connectivity index (χ4n) is 5.95. The molecule has 1 aromatic heterocycles. The highest BCUT2D eigenvalue weighted by atomic mass is 32.1. The van der Waals surface area contributed by atoms with Gasteiger partial charge < -0.3 is 25.2 Å². The number of hydrogen-bond acceptors (Lipinski definition) is 8. The third kappa shape index (κ3) is 5.51. The van der Waals surface area contributed by atoms with Crippen LogP contribution in [0.1, 0.15) is 49.0 Å². The molecule has 0 unspecified atom stereocenters. The first-order chi connectivity index (χ1) is 19.0. The van der Waals surface area contributed by atoms with Crippen LogP contribution in [0.3, 0.4) is 0 Å². The number of ketones is 1. The van der Waals surface area contributed by atoms with Crippen molar-refractivity contribution < 1.29 is 19.1 Å². The van der Waals surface area contributed by atoms with Gasteiger partial charge in [0.1, 0.15) is 18.8 Å². The summed E-state index contributed by atoms with van der Waals surface area (Å²) in [6.07, 6.45) is 5.69. The number of benzene rings is 1. The second-order valence-electron chi connectivity index (χ2n) is 12.2. The summed E-state index contributed by atoms with van der Waals surface area (Å²) in [4.78, 5) is 50.8. The zero-order valence-corrected chi connectivity index (χ0v) is 24.4. The molecule has 1 aromatic carbocycles. The highest BCUT2D eigenvalue weighted by molar-refractivity contribution is 7.14. The van der Waals surface area contributed by atoms with Gasteiger partial charge in [-0.15, -0.1) is 17.8 Å². The van der Waals surface area contributed by atoms with Gasteiger partial charge in [0, 0.05) is 49.2 Å². The van der Waals surface area contributed by atoms with Crippen molar-refractivity contribution in [3.8, 4) is 23.6 Å². The molecule has 4 heterocycles. The summed E-state index contributed by atoms with van der Waals surface area (Å²) in [5.41, 5.74) is 8.00. The van der Waals surface area contributed by atoms with E-state index in [1.807, 2.05) is 38.3 Å². The van der Waals surface area contributed by atoms with Crippen LogP contribution in [0.25, 0.3) is 11.3 Å². The number of hydrogen-bond donors (Lipinski definition) is 1. The number of rotatable bonds is 6. The lowest BCUT2D eigenvalue weighted by Gasteiger charge is -2.32. The summed E-state index contributed by atoms with van der Waals surface area (Å²) in [6.45, 7) is 10.1. The van der Waals surface area contributed by atoms with Crippen molar-refractivity contribution in [2.75, 3.05) is 51.3 Å². The van der Waals surface area contributed by atoms with Crippen LogP contribution in [0.2, 0.25) is 0 Å². The molecule has 212 valence electrons. The van der Waals surface area contributed by atoms with E-state index in [-0.39, 0.29) is 36.2 Å². The zero-order chi connectivity index (χ0) is 28.8. The van der Waals surface area contributed by atoms with Crippen LogP contribution in [0, 0.1) is 23.7 Å². The van der Waals surface area contributed by atoms with Crippen molar-refractivity contribution in [1.82, 2.24) is 14.8 Å². The molecule has 5 rings (SSSR count). The second kappa shape index (κ2) is 11.0. The molecule has 0 aliphatic carbocycles. The molecule has 2 aromatic rings. The fourth-order valence-corrected chi connectivity index (χ4v) is 6.84. The first-order valence-corrected chi connectivity index (χ1v) is 14.6. The number of primary amides is 1. The Morgan fingerprint density at radius 1 is 1.25 bits per heavy atom. The molecule has 3 aliphatic rings. The van der Waals surface area contributed by atoms with Crippen LogP contribution in [-0.4, -0.2) is 90.9 Å². The number of carbonyl (C=O) groups excluding carboxylic acids is 3. The number of nitrogens with two attached hydrogens (primary N) is 1. The van der Waals surface area contributed by atoms with E-state index >= 15 is 0 Å². The van der Waals surface area contributed by atoms with Crippen LogP contribution < -0.4 is 10.6 Å². The van der Waals surface area contributed by atoms with Crippen LogP contribution in [-0.2, 0) is 14.3 Å². The molecule has 3 saturated heterocycles. The minimum absolute atomic E-state index is 0.0529. The molecule has 0 spiro atoms. The lowest BCUT2D eigenvalue weighted by molar-refractivity contribution is -0.138. The molecule has 2 amide bonds. The summed E-state index contributed by atoms with van der Waals surface area (Å²) in [5, 5.41) is 2.96. The smallest absolute Gasteiger partial charge is 0.249 e. The molecule has 2 N–H and O–H groups in total. The van der Waals surface area contributed by atoms with Gasteiger partial charge in [-0.1, -0.05) is 32.8 Å². The van der Waals surface area contributed by atoms with E-state index in [0.29, 0.717) is 17.5 Å². The highest BCUT2D eigenvalue weighted by Crippen LogP contribution is 2.40. The third-order valence-electron chi connectivity index (χ3n) is 8.05. The van der Waals surface area contributed by atoms with Crippen molar-refractivity contribution in [1.29, 1.82) is 0 Å². The molecule has 40 heavy (non-hydrogen) atoms. The zero-order valence-electron chi connectivity index (χ0n) is 23.6. The van der Waals surface area contributed by atoms with E-state index in [9.17, 15) is 14.4 Å². The highest BCUT2D eigenvalue weighted by Gasteiger charge is 2.53. The van der Waals surface area contributed by atoms with Gasteiger partial charge in [-0.2, -0.15) is 0 Å². The van der Waals surface area contributed by atoms with E-state index in [0.717, 1.165) is 42.6 Å². The molecular formula is C30H37N5O4S. The van der Waals surface area contributed by atoms with Crippen LogP contribution in [0.4, 0.5) is 5.13 Å². The van der Waals surface area contributed by atoms with Crippen molar-refractivity contribution in [3.63, 3.8) is 0 Å². The Balaban J connectivity index is 1.52. The molecule has 4 atom stereocenters. The number of likely N-dealkylation sites (N-methyl/N-ethyl adjacent to an activating group) is 1. The number of terminal acetylenes is 1. The van der Waals surface area contributed by atoms with Crippen LogP contribution in [0.15, 0.2) is 23.6 Å². The van der Waals surface area contributed by atoms with Gasteiger partial charge in [0.15, 0.2) is 10.9 Å². The second-order valence-corrected chi connectivity index (χ2v) is 13.1. The number of fused-ring (bicyclic) bond motifs is 1. The number of anilines is 1. The van der Waals surface area contributed by atoms with Crippen molar-refractivity contribution in [2.45, 2.75) is 45.3 Å². The Labute approximate surface area is 239 Å². The van der Waals surface area contributed by atoms with Gasteiger partial charge >= 0.3 is 0 Å². The Bertz CT molecular complexity index is 1350. The minimum atomic E-state index is -0.707. The lowest BCUT2D eigenvalue weighted by Crippen LogP contribution is -2.45. The molecule has 3 aliphatic heterocycles. The molecular weight excluding hydrogens is 526 g/mol.